The Hall–Kier alpha value is -2.74. The van der Waals surface area contributed by atoms with Crippen molar-refractivity contribution in [3.63, 3.8) is 0 Å². The number of benzene rings is 1. The predicted octanol–water partition coefficient (Wildman–Crippen LogP) is -0.610. The lowest BCUT2D eigenvalue weighted by Gasteiger charge is -2.15. The Morgan fingerprint density at radius 1 is 1.27 bits per heavy atom. The maximum Gasteiger partial charge on any atom is 0.252 e. The van der Waals surface area contributed by atoms with Crippen LogP contribution in [0.2, 0.25) is 0 Å². The van der Waals surface area contributed by atoms with E-state index in [2.05, 4.69) is 10.6 Å². The van der Waals surface area contributed by atoms with Crippen LogP contribution in [0.4, 0.5) is 5.69 Å². The van der Waals surface area contributed by atoms with Gasteiger partial charge in [0.05, 0.1) is 12.2 Å². The Balaban J connectivity index is 2.98. The number of amides is 2. The average Bonchev–Trinajstić information content (AvgIpc) is 2.51. The first kappa shape index (κ1) is 17.3. The molecule has 6 N–H and O–H groups in total. The summed E-state index contributed by atoms with van der Waals surface area (Å²) in [5.41, 5.74) is 11.4. The van der Waals surface area contributed by atoms with Crippen LogP contribution in [0.1, 0.15) is 33.6 Å². The van der Waals surface area contributed by atoms with E-state index in [-0.39, 0.29) is 30.6 Å². The fourth-order valence-electron chi connectivity index (χ4n) is 1.84. The van der Waals surface area contributed by atoms with Crippen molar-refractivity contribution in [2.45, 2.75) is 18.9 Å². The molecule has 1 rings (SSSR count). The number of primary amides is 1. The van der Waals surface area contributed by atoms with Crippen molar-refractivity contribution < 1.29 is 19.2 Å². The highest BCUT2D eigenvalue weighted by molar-refractivity contribution is 6.03. The third-order valence-electron chi connectivity index (χ3n) is 2.95. The van der Waals surface area contributed by atoms with E-state index in [1.807, 2.05) is 0 Å². The fourth-order valence-corrected chi connectivity index (χ4v) is 1.84. The quantitative estimate of drug-likeness (QED) is 0.354. The van der Waals surface area contributed by atoms with Gasteiger partial charge in [0.25, 0.3) is 5.91 Å². The van der Waals surface area contributed by atoms with Crippen LogP contribution in [0.25, 0.3) is 0 Å². The Morgan fingerprint density at radius 3 is 2.55 bits per heavy atom. The molecule has 0 heterocycles. The minimum absolute atomic E-state index is 0.0865. The largest absolute Gasteiger partial charge is 0.373 e. The Labute approximate surface area is 127 Å². The number of rotatable bonds is 9. The van der Waals surface area contributed by atoms with Gasteiger partial charge in [0.15, 0.2) is 6.29 Å². The van der Waals surface area contributed by atoms with Gasteiger partial charge in [0.1, 0.15) is 12.3 Å². The lowest BCUT2D eigenvalue weighted by molar-refractivity contribution is -0.120. The zero-order chi connectivity index (χ0) is 16.5. The highest BCUT2D eigenvalue weighted by atomic mass is 16.2. The molecule has 22 heavy (non-hydrogen) atoms. The van der Waals surface area contributed by atoms with Gasteiger partial charge in [-0.15, -0.1) is 0 Å². The van der Waals surface area contributed by atoms with Gasteiger partial charge < -0.3 is 26.9 Å². The van der Waals surface area contributed by atoms with Crippen molar-refractivity contribution in [3.8, 4) is 0 Å². The highest BCUT2D eigenvalue weighted by Gasteiger charge is 2.20. The van der Waals surface area contributed by atoms with Gasteiger partial charge in [-0.25, -0.2) is 0 Å². The maximum absolute atomic E-state index is 12.2. The summed E-state index contributed by atoms with van der Waals surface area (Å²) in [6, 6.07) is 3.53. The van der Waals surface area contributed by atoms with Gasteiger partial charge in [-0.1, -0.05) is 0 Å². The molecule has 1 unspecified atom stereocenters. The summed E-state index contributed by atoms with van der Waals surface area (Å²) in [6.45, 7) is 0.157. The first-order valence-corrected chi connectivity index (χ1v) is 6.60. The fraction of sp³-hybridized carbons (Fsp3) is 0.286. The predicted molar refractivity (Wildman–Crippen MR) is 80.3 cm³/mol. The molecule has 0 aliphatic carbocycles. The van der Waals surface area contributed by atoms with Crippen molar-refractivity contribution in [1.82, 2.24) is 5.32 Å². The van der Waals surface area contributed by atoms with Crippen LogP contribution in [0, 0.1) is 0 Å². The maximum atomic E-state index is 12.2. The second kappa shape index (κ2) is 8.53. The SMILES string of the molecule is NCNc1ccc(C=O)c(C(=O)NC(CCC=O)C(N)=O)c1. The van der Waals surface area contributed by atoms with Gasteiger partial charge >= 0.3 is 0 Å². The number of carbonyl (C=O) groups excluding carboxylic acids is 4. The third kappa shape index (κ3) is 4.67. The van der Waals surface area contributed by atoms with Crippen LogP contribution in [0.3, 0.4) is 0 Å². The first-order valence-electron chi connectivity index (χ1n) is 6.60. The molecule has 0 aliphatic heterocycles. The van der Waals surface area contributed by atoms with Crippen molar-refractivity contribution in [2.75, 3.05) is 12.0 Å². The number of carbonyl (C=O) groups is 4. The zero-order valence-corrected chi connectivity index (χ0v) is 11.9. The number of aldehydes is 2. The van der Waals surface area contributed by atoms with Gasteiger partial charge in [0.2, 0.25) is 5.91 Å². The summed E-state index contributed by atoms with van der Waals surface area (Å²) in [7, 11) is 0. The Kier molecular flexibility index (Phi) is 6.71. The number of nitrogens with one attached hydrogen (secondary N) is 2. The Bertz CT molecular complexity index is 574. The molecule has 8 heteroatoms. The van der Waals surface area contributed by atoms with Crippen molar-refractivity contribution in [2.24, 2.45) is 11.5 Å². The van der Waals surface area contributed by atoms with Crippen molar-refractivity contribution in [3.05, 3.63) is 29.3 Å². The van der Waals surface area contributed by atoms with Crippen LogP contribution < -0.4 is 22.1 Å². The molecule has 0 aliphatic rings. The molecule has 0 fully saturated rings. The number of hydrogen-bond donors (Lipinski definition) is 4. The molecule has 0 radical (unpaired) electrons. The van der Waals surface area contributed by atoms with Gasteiger partial charge in [-0.3, -0.25) is 14.4 Å². The second-order valence-corrected chi connectivity index (χ2v) is 4.47. The van der Waals surface area contributed by atoms with E-state index in [9.17, 15) is 19.2 Å². The molecule has 1 atom stereocenters. The van der Waals surface area contributed by atoms with E-state index in [4.69, 9.17) is 11.5 Å². The van der Waals surface area contributed by atoms with Crippen LogP contribution in [-0.2, 0) is 9.59 Å². The number of anilines is 1. The van der Waals surface area contributed by atoms with Gasteiger partial charge in [-0.05, 0) is 24.6 Å². The summed E-state index contributed by atoms with van der Waals surface area (Å²) >= 11 is 0. The van der Waals surface area contributed by atoms with Crippen LogP contribution >= 0.6 is 0 Å². The second-order valence-electron chi connectivity index (χ2n) is 4.47. The molecule has 0 saturated carbocycles. The average molecular weight is 306 g/mol. The van der Waals surface area contributed by atoms with E-state index in [0.29, 0.717) is 18.3 Å². The first-order chi connectivity index (χ1) is 10.5. The molecule has 8 nitrogen and oxygen atoms in total. The Morgan fingerprint density at radius 2 is 2.00 bits per heavy atom. The summed E-state index contributed by atoms with van der Waals surface area (Å²) in [4.78, 5) is 44.9. The van der Waals surface area contributed by atoms with Crippen LogP contribution in [0.5, 0.6) is 0 Å². The lowest BCUT2D eigenvalue weighted by Crippen LogP contribution is -2.44. The van der Waals surface area contributed by atoms with Crippen LogP contribution in [0.15, 0.2) is 18.2 Å². The number of hydrogen-bond acceptors (Lipinski definition) is 6. The molecule has 0 spiro atoms. The molecular formula is C14H18N4O4. The topological polar surface area (TPSA) is 144 Å². The number of nitrogens with two attached hydrogens (primary N) is 2. The minimum Gasteiger partial charge on any atom is -0.373 e. The van der Waals surface area contributed by atoms with Gasteiger partial charge in [-0.2, -0.15) is 0 Å². The molecule has 0 aromatic heterocycles. The van der Waals surface area contributed by atoms with E-state index in [1.165, 1.54) is 12.1 Å². The van der Waals surface area contributed by atoms with Crippen molar-refractivity contribution >= 4 is 30.1 Å². The molecule has 118 valence electrons. The molecule has 2 amide bonds. The van der Waals surface area contributed by atoms with E-state index in [1.54, 1.807) is 6.07 Å². The van der Waals surface area contributed by atoms with E-state index in [0.717, 1.165) is 0 Å². The van der Waals surface area contributed by atoms with Gasteiger partial charge in [0, 0.05) is 17.7 Å². The third-order valence-corrected chi connectivity index (χ3v) is 2.95. The summed E-state index contributed by atoms with van der Waals surface area (Å²) in [6.07, 6.45) is 1.35. The lowest BCUT2D eigenvalue weighted by atomic mass is 10.1. The minimum atomic E-state index is -0.983. The monoisotopic (exact) mass is 306 g/mol. The normalized spacial score (nSPS) is 11.3. The molecular weight excluding hydrogens is 288 g/mol. The van der Waals surface area contributed by atoms with Crippen molar-refractivity contribution in [1.29, 1.82) is 0 Å². The van der Waals surface area contributed by atoms with Crippen LogP contribution in [-0.4, -0.2) is 37.1 Å². The highest BCUT2D eigenvalue weighted by Crippen LogP contribution is 2.15. The molecule has 0 bridgehead atoms. The molecule has 1 aromatic rings. The molecule has 0 saturated heterocycles. The standard InChI is InChI=1S/C14H18N4O4/c15-8-17-10-4-3-9(7-20)11(6-10)14(22)18-12(13(16)21)2-1-5-19/h3-7,12,17H,1-2,8,15H2,(H2,16,21)(H,18,22). The summed E-state index contributed by atoms with van der Waals surface area (Å²) in [5, 5.41) is 5.23. The molecule has 1 aromatic carbocycles. The zero-order valence-electron chi connectivity index (χ0n) is 11.9. The van der Waals surface area contributed by atoms with E-state index < -0.39 is 17.9 Å². The smallest absolute Gasteiger partial charge is 0.252 e. The summed E-state index contributed by atoms with van der Waals surface area (Å²) in [5.74, 6) is -1.38. The van der Waals surface area contributed by atoms with E-state index >= 15 is 0 Å². The summed E-state index contributed by atoms with van der Waals surface area (Å²) < 4.78 is 0.